The van der Waals surface area contributed by atoms with Crippen LogP contribution in [0.3, 0.4) is 0 Å². The Morgan fingerprint density at radius 2 is 1.69 bits per heavy atom. The maximum atomic E-state index is 12.3. The van der Waals surface area contributed by atoms with Crippen molar-refractivity contribution in [1.29, 1.82) is 0 Å². The minimum atomic E-state index is -1.40. The fraction of sp³-hybridized carbons (Fsp3) is 0.588. The number of aliphatic hydroxyl groups is 1. The number of nitrogens with one attached hydrogen (secondary N) is 4. The fourth-order valence-electron chi connectivity index (χ4n) is 2.26. The molecule has 0 saturated carbocycles. The van der Waals surface area contributed by atoms with Crippen LogP contribution in [0.15, 0.2) is 12.5 Å². The van der Waals surface area contributed by atoms with Crippen LogP contribution in [0.25, 0.3) is 0 Å². The van der Waals surface area contributed by atoms with Crippen LogP contribution < -0.4 is 21.7 Å². The molecule has 8 N–H and O–H groups in total. The first-order chi connectivity index (χ1) is 13.6. The van der Waals surface area contributed by atoms with E-state index in [2.05, 4.69) is 25.9 Å². The van der Waals surface area contributed by atoms with E-state index in [1.54, 1.807) is 13.8 Å². The molecular formula is C17H28N6O6. The third-order valence-electron chi connectivity index (χ3n) is 4.18. The van der Waals surface area contributed by atoms with Gasteiger partial charge in [0.25, 0.3) is 0 Å². The summed E-state index contributed by atoms with van der Waals surface area (Å²) >= 11 is 0. The largest absolute Gasteiger partial charge is 0.480 e. The minimum Gasteiger partial charge on any atom is -0.480 e. The summed E-state index contributed by atoms with van der Waals surface area (Å²) < 4.78 is 0. The average Bonchev–Trinajstić information content (AvgIpc) is 3.17. The van der Waals surface area contributed by atoms with Crippen LogP contribution in [-0.4, -0.2) is 74.6 Å². The van der Waals surface area contributed by atoms with Gasteiger partial charge in [0, 0.05) is 18.3 Å². The molecule has 4 unspecified atom stereocenters. The minimum absolute atomic E-state index is 0.0628. The molecule has 12 heteroatoms. The van der Waals surface area contributed by atoms with Crippen molar-refractivity contribution in [2.75, 3.05) is 6.61 Å². The number of aromatic nitrogens is 2. The first-order valence-electron chi connectivity index (χ1n) is 9.04. The lowest BCUT2D eigenvalue weighted by Crippen LogP contribution is -2.58. The Labute approximate surface area is 167 Å². The summed E-state index contributed by atoms with van der Waals surface area (Å²) in [5.74, 6) is -3.57. The lowest BCUT2D eigenvalue weighted by Gasteiger charge is -2.23. The molecule has 0 bridgehead atoms. The molecule has 3 amide bonds. The Bertz CT molecular complexity index is 707. The predicted molar refractivity (Wildman–Crippen MR) is 101 cm³/mol. The molecule has 0 spiro atoms. The second kappa shape index (κ2) is 11.1. The van der Waals surface area contributed by atoms with Crippen molar-refractivity contribution >= 4 is 23.7 Å². The highest BCUT2D eigenvalue weighted by Gasteiger charge is 2.29. The Balaban J connectivity index is 2.67. The molecule has 0 radical (unpaired) electrons. The number of imidazole rings is 1. The quantitative estimate of drug-likeness (QED) is 0.206. The van der Waals surface area contributed by atoms with Gasteiger partial charge in [-0.3, -0.25) is 14.4 Å². The van der Waals surface area contributed by atoms with Crippen molar-refractivity contribution in [3.05, 3.63) is 18.2 Å². The molecule has 29 heavy (non-hydrogen) atoms. The van der Waals surface area contributed by atoms with E-state index in [0.717, 1.165) is 0 Å². The van der Waals surface area contributed by atoms with E-state index in [0.29, 0.717) is 5.69 Å². The highest BCUT2D eigenvalue weighted by molar-refractivity contribution is 5.94. The van der Waals surface area contributed by atoms with Crippen molar-refractivity contribution < 1.29 is 29.4 Å². The number of carboxylic acid groups (broad SMARTS) is 1. The normalized spacial score (nSPS) is 15.1. The predicted octanol–water partition coefficient (Wildman–Crippen LogP) is -2.51. The number of H-pyrrole nitrogens is 1. The highest BCUT2D eigenvalue weighted by Crippen LogP contribution is 2.01. The second-order valence-corrected chi connectivity index (χ2v) is 6.92. The summed E-state index contributed by atoms with van der Waals surface area (Å²) in [6, 6.07) is -4.52. The van der Waals surface area contributed by atoms with Crippen LogP contribution >= 0.6 is 0 Å². The van der Waals surface area contributed by atoms with Crippen molar-refractivity contribution in [3.63, 3.8) is 0 Å². The molecule has 1 aromatic rings. The molecule has 0 aliphatic carbocycles. The van der Waals surface area contributed by atoms with Gasteiger partial charge in [-0.1, -0.05) is 13.8 Å². The number of carbonyl (C=O) groups is 4. The third kappa shape index (κ3) is 7.50. The van der Waals surface area contributed by atoms with Gasteiger partial charge in [-0.05, 0) is 12.8 Å². The highest BCUT2D eigenvalue weighted by atomic mass is 16.4. The van der Waals surface area contributed by atoms with Gasteiger partial charge < -0.3 is 36.9 Å². The first kappa shape index (κ1) is 24.0. The summed E-state index contributed by atoms with van der Waals surface area (Å²) in [5, 5.41) is 25.7. The molecule has 0 saturated heterocycles. The van der Waals surface area contributed by atoms with Crippen LogP contribution in [0, 0.1) is 5.92 Å². The number of hydrogen-bond acceptors (Lipinski definition) is 7. The van der Waals surface area contributed by atoms with Gasteiger partial charge in [0.2, 0.25) is 17.7 Å². The van der Waals surface area contributed by atoms with Crippen LogP contribution in [0.2, 0.25) is 0 Å². The average molecular weight is 412 g/mol. The Morgan fingerprint density at radius 1 is 1.07 bits per heavy atom. The Kier molecular flexibility index (Phi) is 9.22. The third-order valence-corrected chi connectivity index (χ3v) is 4.18. The van der Waals surface area contributed by atoms with E-state index in [9.17, 15) is 29.4 Å². The molecule has 0 fully saturated rings. The summed E-state index contributed by atoms with van der Waals surface area (Å²) in [4.78, 5) is 54.4. The monoisotopic (exact) mass is 412 g/mol. The first-order valence-corrected chi connectivity index (χ1v) is 9.04. The lowest BCUT2D eigenvalue weighted by atomic mass is 10.0. The van der Waals surface area contributed by atoms with Gasteiger partial charge in [0.15, 0.2) is 0 Å². The summed E-state index contributed by atoms with van der Waals surface area (Å²) in [6.45, 7) is 4.14. The van der Waals surface area contributed by atoms with E-state index in [4.69, 9.17) is 5.73 Å². The number of aromatic amines is 1. The van der Waals surface area contributed by atoms with E-state index < -0.39 is 54.5 Å². The topological polar surface area (TPSA) is 200 Å². The van der Waals surface area contributed by atoms with Gasteiger partial charge >= 0.3 is 5.97 Å². The maximum Gasteiger partial charge on any atom is 0.326 e. The molecule has 0 aliphatic heterocycles. The van der Waals surface area contributed by atoms with E-state index in [1.807, 2.05) is 0 Å². The van der Waals surface area contributed by atoms with Crippen molar-refractivity contribution in [2.45, 2.75) is 51.4 Å². The van der Waals surface area contributed by atoms with Crippen LogP contribution in [0.1, 0.15) is 26.5 Å². The smallest absolute Gasteiger partial charge is 0.326 e. The van der Waals surface area contributed by atoms with Gasteiger partial charge in [-0.25, -0.2) is 9.78 Å². The van der Waals surface area contributed by atoms with Gasteiger partial charge in [0.05, 0.1) is 19.0 Å². The molecule has 1 heterocycles. The number of aliphatic carboxylic acids is 1. The number of nitrogens with zero attached hydrogens (tertiary/aromatic N) is 1. The number of rotatable bonds is 11. The fourth-order valence-corrected chi connectivity index (χ4v) is 2.26. The van der Waals surface area contributed by atoms with Gasteiger partial charge in [-0.2, -0.15) is 0 Å². The summed E-state index contributed by atoms with van der Waals surface area (Å²) in [7, 11) is 0. The second-order valence-electron chi connectivity index (χ2n) is 6.92. The number of nitrogens with two attached hydrogens (primary N) is 1. The number of amides is 3. The van der Waals surface area contributed by atoms with Crippen molar-refractivity contribution in [1.82, 2.24) is 25.9 Å². The molecule has 0 aliphatic rings. The zero-order valence-corrected chi connectivity index (χ0v) is 16.5. The zero-order valence-electron chi connectivity index (χ0n) is 16.5. The molecule has 4 atom stereocenters. The van der Waals surface area contributed by atoms with Crippen molar-refractivity contribution in [3.8, 4) is 0 Å². The molecule has 1 aromatic heterocycles. The molecule has 1 rings (SSSR count). The molecule has 162 valence electrons. The van der Waals surface area contributed by atoms with Crippen LogP contribution in [0.5, 0.6) is 0 Å². The SMILES string of the molecule is CC(NC(=O)C(N)C(C)C)C(=O)NC(CO)C(=O)NC(Cc1cnc[nH]1)C(=O)O. The Hall–Kier alpha value is -2.99. The maximum absolute atomic E-state index is 12.3. The summed E-state index contributed by atoms with van der Waals surface area (Å²) in [6.07, 6.45) is 2.72. The van der Waals surface area contributed by atoms with Gasteiger partial charge in [-0.15, -0.1) is 0 Å². The molecule has 12 nitrogen and oxygen atoms in total. The van der Waals surface area contributed by atoms with Crippen molar-refractivity contribution in [2.24, 2.45) is 11.7 Å². The zero-order chi connectivity index (χ0) is 22.1. The number of carboxylic acids is 1. The number of carbonyl (C=O) groups excluding carboxylic acids is 3. The van der Waals surface area contributed by atoms with Crippen LogP contribution in [0.4, 0.5) is 0 Å². The van der Waals surface area contributed by atoms with E-state index in [1.165, 1.54) is 19.4 Å². The lowest BCUT2D eigenvalue weighted by molar-refractivity contribution is -0.142. The number of aliphatic hydroxyl groups excluding tert-OH is 1. The van der Waals surface area contributed by atoms with Gasteiger partial charge in [0.1, 0.15) is 18.1 Å². The van der Waals surface area contributed by atoms with Crippen LogP contribution in [-0.2, 0) is 25.6 Å². The van der Waals surface area contributed by atoms with E-state index >= 15 is 0 Å². The number of hydrogen-bond donors (Lipinski definition) is 7. The summed E-state index contributed by atoms with van der Waals surface area (Å²) in [5.41, 5.74) is 6.20. The Morgan fingerprint density at radius 3 is 2.17 bits per heavy atom. The molecular weight excluding hydrogens is 384 g/mol. The van der Waals surface area contributed by atoms with E-state index in [-0.39, 0.29) is 12.3 Å². The molecule has 0 aromatic carbocycles. The standard InChI is InChI=1S/C17H28N6O6/c1-8(2)13(18)16(27)21-9(3)14(25)23-12(6-24)15(26)22-11(17(28)29)4-10-5-19-7-20-10/h5,7-9,11-13,24H,4,6,18H2,1-3H3,(H,19,20)(H,21,27)(H,22,26)(H,23,25)(H,28,29).